The van der Waals surface area contributed by atoms with Crippen molar-refractivity contribution in [2.45, 2.75) is 45.3 Å². The molecule has 0 aliphatic rings. The van der Waals surface area contributed by atoms with E-state index < -0.39 is 45.2 Å². The van der Waals surface area contributed by atoms with Crippen LogP contribution in [0.15, 0.2) is 78.9 Å². The number of hydrogen-bond acceptors (Lipinski definition) is 6. The lowest BCUT2D eigenvalue weighted by Gasteiger charge is -2.34. The summed E-state index contributed by atoms with van der Waals surface area (Å²) in [5, 5.41) is 14.2. The summed E-state index contributed by atoms with van der Waals surface area (Å²) >= 11 is 0. The maximum absolute atomic E-state index is 14.0. The molecule has 0 saturated heterocycles. The fraction of sp³-hybridized carbons (Fsp3) is 0.310. The largest absolute Gasteiger partial charge is 0.352 e. The van der Waals surface area contributed by atoms with E-state index in [1.807, 2.05) is 32.0 Å². The van der Waals surface area contributed by atoms with Gasteiger partial charge < -0.3 is 10.2 Å². The van der Waals surface area contributed by atoms with E-state index >= 15 is 0 Å². The summed E-state index contributed by atoms with van der Waals surface area (Å²) in [6.45, 7) is 2.90. The van der Waals surface area contributed by atoms with E-state index in [1.165, 1.54) is 47.4 Å². The second kappa shape index (κ2) is 13.8. The molecule has 0 saturated carbocycles. The van der Waals surface area contributed by atoms with Crippen LogP contribution in [0.4, 0.5) is 15.8 Å². The number of hydrogen-bond donors (Lipinski definition) is 1. The fourth-order valence-corrected chi connectivity index (χ4v) is 5.00. The number of anilines is 1. The molecule has 41 heavy (non-hydrogen) atoms. The van der Waals surface area contributed by atoms with Crippen molar-refractivity contribution in [2.24, 2.45) is 0 Å². The number of amides is 2. The lowest BCUT2D eigenvalue weighted by molar-refractivity contribution is -0.384. The third kappa shape index (κ3) is 8.84. The number of carbonyl (C=O) groups excluding carboxylic acids is 2. The molecule has 0 bridgehead atoms. The molecule has 0 radical (unpaired) electrons. The molecule has 1 N–H and O–H groups in total. The normalized spacial score (nSPS) is 12.7. The summed E-state index contributed by atoms with van der Waals surface area (Å²) in [6, 6.07) is 18.2. The van der Waals surface area contributed by atoms with E-state index in [0.717, 1.165) is 22.2 Å². The van der Waals surface area contributed by atoms with E-state index in [1.54, 1.807) is 12.1 Å². The third-order valence-electron chi connectivity index (χ3n) is 6.55. The first-order valence-electron chi connectivity index (χ1n) is 13.0. The van der Waals surface area contributed by atoms with Gasteiger partial charge in [-0.1, -0.05) is 55.5 Å². The Hall–Kier alpha value is -4.32. The number of non-ortho nitro benzene ring substituents is 1. The third-order valence-corrected chi connectivity index (χ3v) is 7.69. The van der Waals surface area contributed by atoms with Crippen LogP contribution >= 0.6 is 0 Å². The predicted molar refractivity (Wildman–Crippen MR) is 154 cm³/mol. The minimum atomic E-state index is -4.08. The Kier molecular flexibility index (Phi) is 10.5. The molecule has 0 unspecified atom stereocenters. The van der Waals surface area contributed by atoms with Crippen LogP contribution in [0.25, 0.3) is 0 Å². The molecule has 0 aliphatic carbocycles. The summed E-state index contributed by atoms with van der Waals surface area (Å²) in [7, 11) is -4.08. The zero-order chi connectivity index (χ0) is 30.2. The summed E-state index contributed by atoms with van der Waals surface area (Å²) in [4.78, 5) is 39.5. The van der Waals surface area contributed by atoms with Gasteiger partial charge in [0, 0.05) is 31.1 Å². The van der Waals surface area contributed by atoms with Gasteiger partial charge in [-0.25, -0.2) is 12.8 Å². The molecule has 12 heteroatoms. The van der Waals surface area contributed by atoms with Gasteiger partial charge in [0.15, 0.2) is 0 Å². The monoisotopic (exact) mass is 584 g/mol. The van der Waals surface area contributed by atoms with Gasteiger partial charge >= 0.3 is 0 Å². The zero-order valence-corrected chi connectivity index (χ0v) is 23.9. The summed E-state index contributed by atoms with van der Waals surface area (Å²) in [5.41, 5.74) is 0.880. The molecular formula is C29H33FN4O6S. The Bertz CT molecular complexity index is 1470. The standard InChI is InChI=1S/C29H33FN4O6S/c1-4-21(2)31-29(36)27(17-22-9-6-5-7-10-22)32(19-23-13-15-24(30)16-14-23)28(35)20-33(41(3,39)40)25-11-8-12-26(18-25)34(37)38/h5-16,18,21,27H,4,17,19-20H2,1-3H3,(H,31,36)/t21-,27+/m0/s1. The molecule has 0 aromatic heterocycles. The van der Waals surface area contributed by atoms with Crippen molar-refractivity contribution < 1.29 is 27.3 Å². The highest BCUT2D eigenvalue weighted by molar-refractivity contribution is 7.92. The molecule has 0 fully saturated rings. The van der Waals surface area contributed by atoms with Crippen molar-refractivity contribution in [1.82, 2.24) is 10.2 Å². The van der Waals surface area contributed by atoms with Crippen molar-refractivity contribution in [3.8, 4) is 0 Å². The quantitative estimate of drug-likeness (QED) is 0.238. The van der Waals surface area contributed by atoms with Gasteiger partial charge in [0.1, 0.15) is 18.4 Å². The first-order chi connectivity index (χ1) is 19.4. The van der Waals surface area contributed by atoms with Crippen LogP contribution in [0.3, 0.4) is 0 Å². The van der Waals surface area contributed by atoms with Crippen molar-refractivity contribution in [3.63, 3.8) is 0 Å². The van der Waals surface area contributed by atoms with Crippen molar-refractivity contribution in [3.05, 3.63) is 106 Å². The number of halogens is 1. The SMILES string of the molecule is CC[C@H](C)NC(=O)[C@@H](Cc1ccccc1)N(Cc1ccc(F)cc1)C(=O)CN(c1cccc([N+](=O)[O-])c1)S(C)(=O)=O. The molecule has 3 rings (SSSR count). The maximum Gasteiger partial charge on any atom is 0.271 e. The first-order valence-corrected chi connectivity index (χ1v) is 14.8. The lowest BCUT2D eigenvalue weighted by atomic mass is 10.0. The van der Waals surface area contributed by atoms with E-state index in [9.17, 15) is 32.5 Å². The molecule has 3 aromatic carbocycles. The molecular weight excluding hydrogens is 551 g/mol. The van der Waals surface area contributed by atoms with Crippen LogP contribution in [-0.2, 0) is 32.6 Å². The van der Waals surface area contributed by atoms with Crippen molar-refractivity contribution in [1.29, 1.82) is 0 Å². The van der Waals surface area contributed by atoms with E-state index in [4.69, 9.17) is 0 Å². The molecule has 3 aromatic rings. The van der Waals surface area contributed by atoms with Gasteiger partial charge in [0.05, 0.1) is 16.9 Å². The Morgan fingerprint density at radius 1 is 1.00 bits per heavy atom. The second-order valence-electron chi connectivity index (χ2n) is 9.72. The highest BCUT2D eigenvalue weighted by atomic mass is 32.2. The van der Waals surface area contributed by atoms with Crippen LogP contribution in [-0.4, -0.2) is 54.9 Å². The Morgan fingerprint density at radius 2 is 1.66 bits per heavy atom. The number of nitrogens with one attached hydrogen (secondary N) is 1. The molecule has 2 amide bonds. The van der Waals surface area contributed by atoms with E-state index in [2.05, 4.69) is 5.32 Å². The molecule has 10 nitrogen and oxygen atoms in total. The Labute approximate surface area is 239 Å². The van der Waals surface area contributed by atoms with Gasteiger partial charge in [0.2, 0.25) is 21.8 Å². The zero-order valence-electron chi connectivity index (χ0n) is 23.1. The van der Waals surface area contributed by atoms with E-state index in [0.29, 0.717) is 12.0 Å². The van der Waals surface area contributed by atoms with Gasteiger partial charge in [0.25, 0.3) is 5.69 Å². The number of rotatable bonds is 13. The minimum Gasteiger partial charge on any atom is -0.352 e. The average Bonchev–Trinajstić information content (AvgIpc) is 2.94. The van der Waals surface area contributed by atoms with Crippen LogP contribution in [0, 0.1) is 15.9 Å². The number of nitro groups is 1. The molecule has 218 valence electrons. The van der Waals surface area contributed by atoms with Crippen LogP contribution in [0.5, 0.6) is 0 Å². The fourth-order valence-electron chi connectivity index (χ4n) is 4.16. The van der Waals surface area contributed by atoms with Crippen molar-refractivity contribution >= 4 is 33.2 Å². The number of sulfonamides is 1. The number of nitrogens with zero attached hydrogens (tertiary/aromatic N) is 3. The minimum absolute atomic E-state index is 0.0690. The topological polar surface area (TPSA) is 130 Å². The highest BCUT2D eigenvalue weighted by Crippen LogP contribution is 2.24. The molecule has 0 aliphatic heterocycles. The average molecular weight is 585 g/mol. The van der Waals surface area contributed by atoms with Crippen LogP contribution in [0.1, 0.15) is 31.4 Å². The van der Waals surface area contributed by atoms with Gasteiger partial charge in [-0.15, -0.1) is 0 Å². The number of carbonyl (C=O) groups is 2. The van der Waals surface area contributed by atoms with Gasteiger partial charge in [-0.05, 0) is 42.7 Å². The highest BCUT2D eigenvalue weighted by Gasteiger charge is 2.33. The molecule has 2 atom stereocenters. The van der Waals surface area contributed by atoms with E-state index in [-0.39, 0.29) is 30.4 Å². The summed E-state index contributed by atoms with van der Waals surface area (Å²) < 4.78 is 40.0. The maximum atomic E-state index is 14.0. The Balaban J connectivity index is 2.07. The lowest BCUT2D eigenvalue weighted by Crippen LogP contribution is -2.54. The second-order valence-corrected chi connectivity index (χ2v) is 11.6. The predicted octanol–water partition coefficient (Wildman–Crippen LogP) is 4.05. The van der Waals surface area contributed by atoms with Gasteiger partial charge in [-0.3, -0.25) is 24.0 Å². The number of benzene rings is 3. The van der Waals surface area contributed by atoms with Crippen LogP contribution < -0.4 is 9.62 Å². The van der Waals surface area contributed by atoms with Crippen LogP contribution in [0.2, 0.25) is 0 Å². The van der Waals surface area contributed by atoms with Crippen molar-refractivity contribution in [2.75, 3.05) is 17.1 Å². The Morgan fingerprint density at radius 3 is 2.24 bits per heavy atom. The summed E-state index contributed by atoms with van der Waals surface area (Å²) in [6.07, 6.45) is 1.66. The summed E-state index contributed by atoms with van der Waals surface area (Å²) in [5.74, 6) is -1.62. The molecule has 0 spiro atoms. The van der Waals surface area contributed by atoms with Gasteiger partial charge in [-0.2, -0.15) is 0 Å². The first kappa shape index (κ1) is 31.2. The molecule has 0 heterocycles. The smallest absolute Gasteiger partial charge is 0.271 e. The number of nitro benzene ring substituents is 1.